The molecule has 4 rings (SSSR count). The van der Waals surface area contributed by atoms with Gasteiger partial charge in [-0.25, -0.2) is 9.18 Å². The molecular formula is C23H20FN3O. The summed E-state index contributed by atoms with van der Waals surface area (Å²) in [5.41, 5.74) is 5.97. The van der Waals surface area contributed by atoms with Crippen LogP contribution in [0.25, 0.3) is 22.2 Å². The van der Waals surface area contributed by atoms with Crippen LogP contribution in [0.3, 0.4) is 0 Å². The van der Waals surface area contributed by atoms with Crippen molar-refractivity contribution in [3.05, 3.63) is 83.7 Å². The lowest BCUT2D eigenvalue weighted by Gasteiger charge is -2.12. The number of anilines is 2. The molecule has 0 aliphatic heterocycles. The fraction of sp³-hybridized carbons (Fsp3) is 0.0870. The second-order valence-electron chi connectivity index (χ2n) is 6.75. The Morgan fingerprint density at radius 3 is 2.43 bits per heavy atom. The van der Waals surface area contributed by atoms with E-state index in [1.54, 1.807) is 12.1 Å². The summed E-state index contributed by atoms with van der Waals surface area (Å²) >= 11 is 0. The van der Waals surface area contributed by atoms with Crippen molar-refractivity contribution in [3.63, 3.8) is 0 Å². The predicted octanol–water partition coefficient (Wildman–Crippen LogP) is 6.23. The molecule has 140 valence electrons. The zero-order valence-electron chi connectivity index (χ0n) is 15.6. The van der Waals surface area contributed by atoms with Crippen LogP contribution in [0.2, 0.25) is 0 Å². The third-order valence-electron chi connectivity index (χ3n) is 4.93. The number of nitrogens with one attached hydrogen (secondary N) is 3. The number of hydrogen-bond acceptors (Lipinski definition) is 1. The molecule has 0 fully saturated rings. The van der Waals surface area contributed by atoms with E-state index in [1.807, 2.05) is 56.3 Å². The molecule has 4 aromatic rings. The first-order valence-corrected chi connectivity index (χ1v) is 9.04. The van der Waals surface area contributed by atoms with Crippen LogP contribution in [-0.4, -0.2) is 11.0 Å². The highest BCUT2D eigenvalue weighted by Crippen LogP contribution is 2.35. The number of para-hydroxylation sites is 1. The van der Waals surface area contributed by atoms with Crippen molar-refractivity contribution in [1.29, 1.82) is 0 Å². The van der Waals surface area contributed by atoms with Gasteiger partial charge in [0.1, 0.15) is 5.82 Å². The van der Waals surface area contributed by atoms with E-state index in [-0.39, 0.29) is 11.8 Å². The first-order chi connectivity index (χ1) is 13.5. The fourth-order valence-corrected chi connectivity index (χ4v) is 3.26. The molecule has 2 amide bonds. The maximum Gasteiger partial charge on any atom is 0.323 e. The molecule has 1 aromatic heterocycles. The number of urea groups is 1. The standard InChI is InChI=1S/C23H20FN3O/c1-14-6-5-9-19(15(14)2)26-23(28)27-22-18-7-3-4-8-20(18)25-21(22)16-10-12-17(24)13-11-16/h3-13,25H,1-2H3,(H2,26,27,28). The van der Waals surface area contributed by atoms with E-state index in [1.165, 1.54) is 12.1 Å². The highest BCUT2D eigenvalue weighted by Gasteiger charge is 2.16. The number of halogens is 1. The van der Waals surface area contributed by atoms with E-state index >= 15 is 0 Å². The minimum Gasteiger partial charge on any atom is -0.353 e. The van der Waals surface area contributed by atoms with Gasteiger partial charge in [0, 0.05) is 22.2 Å². The van der Waals surface area contributed by atoms with Gasteiger partial charge in [-0.15, -0.1) is 0 Å². The predicted molar refractivity (Wildman–Crippen MR) is 112 cm³/mol. The molecule has 0 radical (unpaired) electrons. The summed E-state index contributed by atoms with van der Waals surface area (Å²) in [6.45, 7) is 3.98. The molecule has 0 spiro atoms. The molecular weight excluding hydrogens is 353 g/mol. The number of rotatable bonds is 3. The van der Waals surface area contributed by atoms with Crippen LogP contribution in [-0.2, 0) is 0 Å². The number of benzene rings is 3. The maximum atomic E-state index is 13.3. The monoisotopic (exact) mass is 373 g/mol. The molecule has 28 heavy (non-hydrogen) atoms. The SMILES string of the molecule is Cc1cccc(NC(=O)Nc2c(-c3ccc(F)cc3)[nH]c3ccccc23)c1C. The number of hydrogen-bond donors (Lipinski definition) is 3. The topological polar surface area (TPSA) is 56.9 Å². The summed E-state index contributed by atoms with van der Waals surface area (Å²) in [4.78, 5) is 16.1. The van der Waals surface area contributed by atoms with Crippen LogP contribution in [0.1, 0.15) is 11.1 Å². The summed E-state index contributed by atoms with van der Waals surface area (Å²) in [6, 6.07) is 19.4. The molecule has 0 atom stereocenters. The number of carbonyl (C=O) groups is 1. The number of carbonyl (C=O) groups excluding carboxylic acids is 1. The zero-order valence-corrected chi connectivity index (χ0v) is 15.6. The summed E-state index contributed by atoms with van der Waals surface area (Å²) in [6.07, 6.45) is 0. The van der Waals surface area contributed by atoms with E-state index in [2.05, 4.69) is 15.6 Å². The highest BCUT2D eigenvalue weighted by molar-refractivity contribution is 6.10. The van der Waals surface area contributed by atoms with E-state index < -0.39 is 0 Å². The average molecular weight is 373 g/mol. The van der Waals surface area contributed by atoms with Gasteiger partial charge in [-0.1, -0.05) is 30.3 Å². The first-order valence-electron chi connectivity index (χ1n) is 9.04. The Morgan fingerprint density at radius 2 is 1.64 bits per heavy atom. The van der Waals surface area contributed by atoms with Crippen molar-refractivity contribution in [1.82, 2.24) is 4.98 Å². The van der Waals surface area contributed by atoms with E-state index in [0.29, 0.717) is 5.69 Å². The largest absolute Gasteiger partial charge is 0.353 e. The lowest BCUT2D eigenvalue weighted by molar-refractivity contribution is 0.262. The Labute approximate surface area is 162 Å². The molecule has 4 nitrogen and oxygen atoms in total. The van der Waals surface area contributed by atoms with Gasteiger partial charge in [0.15, 0.2) is 0 Å². The molecule has 3 aromatic carbocycles. The second-order valence-corrected chi connectivity index (χ2v) is 6.75. The van der Waals surface area contributed by atoms with E-state index in [4.69, 9.17) is 0 Å². The summed E-state index contributed by atoms with van der Waals surface area (Å²) in [5.74, 6) is -0.304. The number of aromatic amines is 1. The number of amides is 2. The molecule has 0 saturated heterocycles. The van der Waals surface area contributed by atoms with Crippen molar-refractivity contribution in [3.8, 4) is 11.3 Å². The van der Waals surface area contributed by atoms with Crippen molar-refractivity contribution in [2.75, 3.05) is 10.6 Å². The fourth-order valence-electron chi connectivity index (χ4n) is 3.26. The lowest BCUT2D eigenvalue weighted by Crippen LogP contribution is -2.20. The first kappa shape index (κ1) is 17.8. The van der Waals surface area contributed by atoms with Crippen molar-refractivity contribution < 1.29 is 9.18 Å². The second kappa shape index (κ2) is 7.19. The molecule has 5 heteroatoms. The third kappa shape index (κ3) is 3.34. The van der Waals surface area contributed by atoms with Crippen LogP contribution in [0.5, 0.6) is 0 Å². The van der Waals surface area contributed by atoms with Crippen LogP contribution < -0.4 is 10.6 Å². The molecule has 0 unspecified atom stereocenters. The molecule has 3 N–H and O–H groups in total. The van der Waals surface area contributed by atoms with Gasteiger partial charge >= 0.3 is 6.03 Å². The smallest absolute Gasteiger partial charge is 0.323 e. The van der Waals surface area contributed by atoms with Crippen LogP contribution >= 0.6 is 0 Å². The number of H-pyrrole nitrogens is 1. The van der Waals surface area contributed by atoms with Crippen LogP contribution in [0.4, 0.5) is 20.6 Å². The summed E-state index contributed by atoms with van der Waals surface area (Å²) in [5, 5.41) is 6.77. The Morgan fingerprint density at radius 1 is 0.893 bits per heavy atom. The van der Waals surface area contributed by atoms with Gasteiger partial charge in [-0.3, -0.25) is 0 Å². The normalized spacial score (nSPS) is 10.8. The Kier molecular flexibility index (Phi) is 4.57. The number of aryl methyl sites for hydroxylation is 1. The van der Waals surface area contributed by atoms with E-state index in [0.717, 1.165) is 39.0 Å². The lowest BCUT2D eigenvalue weighted by atomic mass is 10.1. The summed E-state index contributed by atoms with van der Waals surface area (Å²) < 4.78 is 13.3. The highest BCUT2D eigenvalue weighted by atomic mass is 19.1. The zero-order chi connectivity index (χ0) is 19.7. The van der Waals surface area contributed by atoms with Crippen molar-refractivity contribution in [2.24, 2.45) is 0 Å². The molecule has 0 aliphatic carbocycles. The van der Waals surface area contributed by atoms with Gasteiger partial charge < -0.3 is 15.6 Å². The Hall–Kier alpha value is -3.60. The van der Waals surface area contributed by atoms with Crippen LogP contribution in [0.15, 0.2) is 66.7 Å². The molecule has 1 heterocycles. The Bertz CT molecular complexity index is 1160. The third-order valence-corrected chi connectivity index (χ3v) is 4.93. The van der Waals surface area contributed by atoms with Gasteiger partial charge in [0.25, 0.3) is 0 Å². The van der Waals surface area contributed by atoms with Gasteiger partial charge in [0.2, 0.25) is 0 Å². The number of fused-ring (bicyclic) bond motifs is 1. The summed E-state index contributed by atoms with van der Waals surface area (Å²) in [7, 11) is 0. The van der Waals surface area contributed by atoms with Gasteiger partial charge in [-0.05, 0) is 61.4 Å². The maximum absolute atomic E-state index is 13.3. The molecule has 0 bridgehead atoms. The minimum atomic E-state index is -0.332. The van der Waals surface area contributed by atoms with E-state index in [9.17, 15) is 9.18 Å². The van der Waals surface area contributed by atoms with Crippen LogP contribution in [0, 0.1) is 19.7 Å². The Balaban J connectivity index is 1.71. The molecule has 0 aliphatic rings. The molecule has 0 saturated carbocycles. The van der Waals surface area contributed by atoms with Gasteiger partial charge in [-0.2, -0.15) is 0 Å². The number of aromatic nitrogens is 1. The average Bonchev–Trinajstić information content (AvgIpc) is 3.04. The van der Waals surface area contributed by atoms with Gasteiger partial charge in [0.05, 0.1) is 11.4 Å². The quantitative estimate of drug-likeness (QED) is 0.391. The minimum absolute atomic E-state index is 0.304. The van der Waals surface area contributed by atoms with Crippen molar-refractivity contribution in [2.45, 2.75) is 13.8 Å². The van der Waals surface area contributed by atoms with Crippen molar-refractivity contribution >= 4 is 28.3 Å².